The number of hydrogen-bond donors (Lipinski definition) is 1. The molecule has 0 amide bonds. The monoisotopic (exact) mass is 304 g/mol. The van der Waals surface area contributed by atoms with Crippen molar-refractivity contribution in [1.82, 2.24) is 9.62 Å². The predicted octanol–water partition coefficient (Wildman–Crippen LogP) is 2.46. The molecule has 1 fully saturated rings. The summed E-state index contributed by atoms with van der Waals surface area (Å²) in [6.07, 6.45) is 4.00. The highest BCUT2D eigenvalue weighted by molar-refractivity contribution is 7.89. The Hall–Kier alpha value is -0.130. The van der Waals surface area contributed by atoms with Crippen LogP contribution in [0.1, 0.15) is 53.4 Å². The van der Waals surface area contributed by atoms with Crippen LogP contribution in [-0.4, -0.2) is 44.2 Å². The number of sulfonamides is 1. The number of nitrogens with zero attached hydrogens (tertiary/aromatic N) is 1. The van der Waals surface area contributed by atoms with E-state index in [0.717, 1.165) is 32.2 Å². The number of rotatable bonds is 8. The molecule has 1 aliphatic rings. The van der Waals surface area contributed by atoms with Gasteiger partial charge in [-0.2, -0.15) is 0 Å². The molecule has 1 heterocycles. The molecule has 2 atom stereocenters. The standard InChI is InChI=1S/C15H32N2O2S/c1-5-9-16-14(4)15-7-6-10-17(12-15)20(18,19)11-8-13(2)3/h13-16H,5-12H2,1-4H3. The van der Waals surface area contributed by atoms with Crippen molar-refractivity contribution in [3.63, 3.8) is 0 Å². The summed E-state index contributed by atoms with van der Waals surface area (Å²) in [6, 6.07) is 0.401. The van der Waals surface area contributed by atoms with Crippen LogP contribution in [0.5, 0.6) is 0 Å². The van der Waals surface area contributed by atoms with Gasteiger partial charge in [0.2, 0.25) is 10.0 Å². The zero-order valence-corrected chi connectivity index (χ0v) is 14.4. The lowest BCUT2D eigenvalue weighted by molar-refractivity contribution is 0.224. The van der Waals surface area contributed by atoms with Crippen molar-refractivity contribution in [2.24, 2.45) is 11.8 Å². The van der Waals surface area contributed by atoms with Crippen LogP contribution in [0.15, 0.2) is 0 Å². The molecule has 0 aromatic rings. The fourth-order valence-electron chi connectivity index (χ4n) is 2.69. The van der Waals surface area contributed by atoms with Crippen LogP contribution in [0.25, 0.3) is 0 Å². The minimum Gasteiger partial charge on any atom is -0.314 e. The Kier molecular flexibility index (Phi) is 7.48. The van der Waals surface area contributed by atoms with Gasteiger partial charge in [0.05, 0.1) is 5.75 Å². The quantitative estimate of drug-likeness (QED) is 0.749. The van der Waals surface area contributed by atoms with Gasteiger partial charge in [-0.15, -0.1) is 0 Å². The molecule has 0 spiro atoms. The van der Waals surface area contributed by atoms with Gasteiger partial charge >= 0.3 is 0 Å². The van der Waals surface area contributed by atoms with E-state index in [1.165, 1.54) is 0 Å². The first-order valence-corrected chi connectivity index (χ1v) is 9.69. The lowest BCUT2D eigenvalue weighted by atomic mass is 9.93. The molecule has 1 rings (SSSR count). The van der Waals surface area contributed by atoms with Gasteiger partial charge in [-0.05, 0) is 51.0 Å². The molecule has 0 saturated carbocycles. The zero-order chi connectivity index (χ0) is 15.2. The molecule has 0 radical (unpaired) electrons. The molecule has 1 saturated heterocycles. The van der Waals surface area contributed by atoms with Crippen molar-refractivity contribution < 1.29 is 8.42 Å². The average Bonchev–Trinajstić information content (AvgIpc) is 2.43. The second kappa shape index (κ2) is 8.35. The van der Waals surface area contributed by atoms with Crippen molar-refractivity contribution in [2.75, 3.05) is 25.4 Å². The Balaban J connectivity index is 2.55. The summed E-state index contributed by atoms with van der Waals surface area (Å²) in [6.45, 7) is 10.9. The largest absolute Gasteiger partial charge is 0.314 e. The van der Waals surface area contributed by atoms with Gasteiger partial charge < -0.3 is 5.32 Å². The third kappa shape index (κ3) is 5.70. The van der Waals surface area contributed by atoms with E-state index in [9.17, 15) is 8.42 Å². The van der Waals surface area contributed by atoms with Crippen molar-refractivity contribution >= 4 is 10.0 Å². The molecular weight excluding hydrogens is 272 g/mol. The van der Waals surface area contributed by atoms with Gasteiger partial charge in [-0.1, -0.05) is 20.8 Å². The van der Waals surface area contributed by atoms with Gasteiger partial charge in [0, 0.05) is 19.1 Å². The van der Waals surface area contributed by atoms with Crippen LogP contribution >= 0.6 is 0 Å². The van der Waals surface area contributed by atoms with Gasteiger partial charge in [0.1, 0.15) is 0 Å². The highest BCUT2D eigenvalue weighted by Gasteiger charge is 2.30. The summed E-state index contributed by atoms with van der Waals surface area (Å²) < 4.78 is 26.5. The summed E-state index contributed by atoms with van der Waals surface area (Å²) >= 11 is 0. The molecule has 1 aliphatic heterocycles. The Labute approximate surface area is 125 Å². The first-order chi connectivity index (χ1) is 9.36. The van der Waals surface area contributed by atoms with Gasteiger partial charge in [0.25, 0.3) is 0 Å². The molecule has 20 heavy (non-hydrogen) atoms. The van der Waals surface area contributed by atoms with E-state index in [1.54, 1.807) is 4.31 Å². The van der Waals surface area contributed by atoms with Gasteiger partial charge in [0.15, 0.2) is 0 Å². The second-order valence-corrected chi connectivity index (χ2v) is 8.59. The summed E-state index contributed by atoms with van der Waals surface area (Å²) in [5.74, 6) is 1.19. The zero-order valence-electron chi connectivity index (χ0n) is 13.6. The smallest absolute Gasteiger partial charge is 0.214 e. The van der Waals surface area contributed by atoms with E-state index < -0.39 is 10.0 Å². The van der Waals surface area contributed by atoms with E-state index >= 15 is 0 Å². The van der Waals surface area contributed by atoms with Crippen molar-refractivity contribution in [1.29, 1.82) is 0 Å². The Morgan fingerprint density at radius 1 is 1.30 bits per heavy atom. The third-order valence-corrected chi connectivity index (χ3v) is 6.06. The second-order valence-electron chi connectivity index (χ2n) is 6.50. The molecule has 1 N–H and O–H groups in total. The Morgan fingerprint density at radius 2 is 2.00 bits per heavy atom. The maximum atomic E-state index is 12.4. The maximum Gasteiger partial charge on any atom is 0.214 e. The summed E-state index contributed by atoms with van der Waals surface area (Å²) in [7, 11) is -3.06. The average molecular weight is 305 g/mol. The lowest BCUT2D eigenvalue weighted by Gasteiger charge is -2.35. The van der Waals surface area contributed by atoms with Crippen LogP contribution in [-0.2, 0) is 10.0 Å². The van der Waals surface area contributed by atoms with Crippen molar-refractivity contribution in [3.05, 3.63) is 0 Å². The third-order valence-electron chi connectivity index (χ3n) is 4.19. The van der Waals surface area contributed by atoms with Gasteiger partial charge in [-0.25, -0.2) is 12.7 Å². The molecule has 120 valence electrons. The summed E-state index contributed by atoms with van der Waals surface area (Å²) in [5.41, 5.74) is 0. The fourth-order valence-corrected chi connectivity index (χ4v) is 4.54. The first-order valence-electron chi connectivity index (χ1n) is 8.08. The van der Waals surface area contributed by atoms with Gasteiger partial charge in [-0.3, -0.25) is 0 Å². The summed E-state index contributed by atoms with van der Waals surface area (Å²) in [4.78, 5) is 0. The lowest BCUT2D eigenvalue weighted by Crippen LogP contribution is -2.47. The van der Waals surface area contributed by atoms with Crippen LogP contribution < -0.4 is 5.32 Å². The molecular formula is C15H32N2O2S. The molecule has 4 nitrogen and oxygen atoms in total. The van der Waals surface area contributed by atoms with Crippen LogP contribution in [0.4, 0.5) is 0 Å². The Bertz CT molecular complexity index is 368. The first kappa shape index (κ1) is 17.9. The normalized spacial score (nSPS) is 23.1. The molecule has 2 unspecified atom stereocenters. The molecule has 0 aromatic carbocycles. The van der Waals surface area contributed by atoms with Crippen LogP contribution in [0.3, 0.4) is 0 Å². The van der Waals surface area contributed by atoms with E-state index in [0.29, 0.717) is 36.7 Å². The van der Waals surface area contributed by atoms with E-state index in [2.05, 4.69) is 33.0 Å². The number of piperidine rings is 1. The van der Waals surface area contributed by atoms with Crippen molar-refractivity contribution in [3.8, 4) is 0 Å². The van der Waals surface area contributed by atoms with E-state index in [4.69, 9.17) is 0 Å². The van der Waals surface area contributed by atoms with Crippen LogP contribution in [0.2, 0.25) is 0 Å². The van der Waals surface area contributed by atoms with Crippen LogP contribution in [0, 0.1) is 11.8 Å². The van der Waals surface area contributed by atoms with E-state index in [1.807, 2.05) is 0 Å². The van der Waals surface area contributed by atoms with E-state index in [-0.39, 0.29) is 0 Å². The number of nitrogens with one attached hydrogen (secondary N) is 1. The minimum atomic E-state index is -3.06. The molecule has 0 aliphatic carbocycles. The topological polar surface area (TPSA) is 49.4 Å². The predicted molar refractivity (Wildman–Crippen MR) is 85.3 cm³/mol. The molecule has 5 heteroatoms. The maximum absolute atomic E-state index is 12.4. The fraction of sp³-hybridized carbons (Fsp3) is 1.00. The highest BCUT2D eigenvalue weighted by atomic mass is 32.2. The Morgan fingerprint density at radius 3 is 2.60 bits per heavy atom. The number of hydrogen-bond acceptors (Lipinski definition) is 3. The summed E-state index contributed by atoms with van der Waals surface area (Å²) in [5, 5.41) is 3.50. The van der Waals surface area contributed by atoms with Crippen molar-refractivity contribution in [2.45, 2.75) is 59.4 Å². The molecule has 0 bridgehead atoms. The minimum absolute atomic E-state index is 0.300. The SMILES string of the molecule is CCCNC(C)C1CCCN(S(=O)(=O)CCC(C)C)C1. The molecule has 0 aromatic heterocycles. The highest BCUT2D eigenvalue weighted by Crippen LogP contribution is 2.23.